The summed E-state index contributed by atoms with van der Waals surface area (Å²) in [7, 11) is 0. The summed E-state index contributed by atoms with van der Waals surface area (Å²) in [6.07, 6.45) is 4.38. The molecular weight excluding hydrogens is 350 g/mol. The Morgan fingerprint density at radius 2 is 1.57 bits per heavy atom. The summed E-state index contributed by atoms with van der Waals surface area (Å²) in [6, 6.07) is 17.0. The molecule has 4 nitrogen and oxygen atoms in total. The van der Waals surface area contributed by atoms with Gasteiger partial charge in [-0.3, -0.25) is 9.59 Å². The zero-order valence-corrected chi connectivity index (χ0v) is 16.3. The second-order valence-electron chi connectivity index (χ2n) is 7.59. The fourth-order valence-electron chi connectivity index (χ4n) is 3.80. The van der Waals surface area contributed by atoms with E-state index in [1.165, 1.54) is 0 Å². The molecule has 4 heteroatoms. The Morgan fingerprint density at radius 1 is 0.929 bits per heavy atom. The summed E-state index contributed by atoms with van der Waals surface area (Å²) < 4.78 is 0. The van der Waals surface area contributed by atoms with E-state index in [2.05, 4.69) is 5.32 Å². The van der Waals surface area contributed by atoms with E-state index in [1.54, 1.807) is 19.1 Å². The first-order valence-corrected chi connectivity index (χ1v) is 10.0. The Balaban J connectivity index is 1.65. The molecular formula is C24H27NO3. The van der Waals surface area contributed by atoms with Gasteiger partial charge in [0, 0.05) is 17.9 Å². The predicted octanol–water partition coefficient (Wildman–Crippen LogP) is 4.58. The van der Waals surface area contributed by atoms with Crippen molar-refractivity contribution in [1.82, 2.24) is 5.32 Å². The highest BCUT2D eigenvalue weighted by Gasteiger charge is 2.30. The molecule has 1 aliphatic rings. The molecule has 0 bridgehead atoms. The van der Waals surface area contributed by atoms with Crippen LogP contribution in [-0.4, -0.2) is 23.5 Å². The zero-order valence-electron chi connectivity index (χ0n) is 16.3. The maximum atomic E-state index is 12.8. The maximum absolute atomic E-state index is 12.8. The number of carbonyl (C=O) groups excluding carboxylic acids is 3. The molecule has 0 spiro atoms. The van der Waals surface area contributed by atoms with Gasteiger partial charge in [0.15, 0.2) is 5.78 Å². The van der Waals surface area contributed by atoms with Crippen LogP contribution in [0.25, 0.3) is 11.1 Å². The first-order chi connectivity index (χ1) is 13.5. The molecule has 2 unspecified atom stereocenters. The van der Waals surface area contributed by atoms with Crippen molar-refractivity contribution in [2.24, 2.45) is 5.92 Å². The van der Waals surface area contributed by atoms with E-state index < -0.39 is 6.04 Å². The molecule has 0 saturated heterocycles. The number of hydrogen-bond acceptors (Lipinski definition) is 3. The number of Topliss-reactive ketones (excluding diaryl/α,β-unsaturated/α-hetero) is 2. The Labute approximate surface area is 166 Å². The second-order valence-corrected chi connectivity index (χ2v) is 7.59. The molecule has 1 saturated carbocycles. The lowest BCUT2D eigenvalue weighted by Gasteiger charge is -2.20. The average molecular weight is 377 g/mol. The molecule has 2 aromatic carbocycles. The number of hydrogen-bond donors (Lipinski definition) is 1. The number of benzene rings is 2. The normalized spacial score (nSPS) is 19.7. The van der Waals surface area contributed by atoms with Crippen LogP contribution in [0.15, 0.2) is 54.6 Å². The number of nitrogens with one attached hydrogen (secondary N) is 1. The molecule has 1 aliphatic carbocycles. The molecule has 28 heavy (non-hydrogen) atoms. The van der Waals surface area contributed by atoms with Crippen molar-refractivity contribution in [3.05, 3.63) is 60.2 Å². The molecule has 2 atom stereocenters. The van der Waals surface area contributed by atoms with Gasteiger partial charge >= 0.3 is 0 Å². The van der Waals surface area contributed by atoms with E-state index in [1.807, 2.05) is 42.5 Å². The highest BCUT2D eigenvalue weighted by molar-refractivity contribution is 5.98. The molecule has 1 N–H and O–H groups in total. The molecule has 0 aliphatic heterocycles. The van der Waals surface area contributed by atoms with Crippen molar-refractivity contribution in [2.45, 2.75) is 51.5 Å². The molecule has 2 aromatic rings. The topological polar surface area (TPSA) is 63.2 Å². The maximum Gasteiger partial charge on any atom is 0.251 e. The first kappa shape index (κ1) is 20.0. The van der Waals surface area contributed by atoms with Gasteiger partial charge in [-0.2, -0.15) is 0 Å². The summed E-state index contributed by atoms with van der Waals surface area (Å²) in [5.74, 6) is -0.161. The first-order valence-electron chi connectivity index (χ1n) is 10.0. The highest BCUT2D eigenvalue weighted by Crippen LogP contribution is 2.25. The fourth-order valence-corrected chi connectivity index (χ4v) is 3.80. The van der Waals surface area contributed by atoms with E-state index in [0.29, 0.717) is 24.8 Å². The lowest BCUT2D eigenvalue weighted by atomic mass is 9.91. The van der Waals surface area contributed by atoms with Crippen LogP contribution in [0.5, 0.6) is 0 Å². The third-order valence-electron chi connectivity index (χ3n) is 5.45. The Hall–Kier alpha value is -2.75. The summed E-state index contributed by atoms with van der Waals surface area (Å²) >= 11 is 0. The van der Waals surface area contributed by atoms with E-state index in [9.17, 15) is 14.4 Å². The lowest BCUT2D eigenvalue weighted by Crippen LogP contribution is -2.42. The van der Waals surface area contributed by atoms with Crippen molar-refractivity contribution in [2.75, 3.05) is 0 Å². The predicted molar refractivity (Wildman–Crippen MR) is 110 cm³/mol. The number of amides is 1. The number of rotatable bonds is 6. The molecule has 0 radical (unpaired) electrons. The smallest absolute Gasteiger partial charge is 0.251 e. The van der Waals surface area contributed by atoms with Crippen LogP contribution in [0.4, 0.5) is 0 Å². The van der Waals surface area contributed by atoms with Gasteiger partial charge in [-0.1, -0.05) is 55.3 Å². The van der Waals surface area contributed by atoms with Crippen molar-refractivity contribution in [3.63, 3.8) is 0 Å². The van der Waals surface area contributed by atoms with Crippen LogP contribution >= 0.6 is 0 Å². The van der Waals surface area contributed by atoms with Crippen LogP contribution in [0.2, 0.25) is 0 Å². The molecule has 0 heterocycles. The van der Waals surface area contributed by atoms with Gasteiger partial charge in [-0.05, 0) is 49.4 Å². The van der Waals surface area contributed by atoms with Crippen molar-refractivity contribution < 1.29 is 14.4 Å². The van der Waals surface area contributed by atoms with Crippen LogP contribution in [0.3, 0.4) is 0 Å². The van der Waals surface area contributed by atoms with Crippen molar-refractivity contribution in [3.8, 4) is 11.1 Å². The average Bonchev–Trinajstić information content (AvgIpc) is 2.88. The third-order valence-corrected chi connectivity index (χ3v) is 5.45. The van der Waals surface area contributed by atoms with Crippen LogP contribution in [-0.2, 0) is 9.59 Å². The monoisotopic (exact) mass is 377 g/mol. The van der Waals surface area contributed by atoms with Crippen molar-refractivity contribution >= 4 is 17.5 Å². The lowest BCUT2D eigenvalue weighted by molar-refractivity contribution is -0.125. The summed E-state index contributed by atoms with van der Waals surface area (Å²) in [4.78, 5) is 36.8. The second kappa shape index (κ2) is 9.45. The molecule has 1 amide bonds. The molecule has 3 rings (SSSR count). The quantitative estimate of drug-likeness (QED) is 0.750. The zero-order chi connectivity index (χ0) is 19.9. The van der Waals surface area contributed by atoms with E-state index in [4.69, 9.17) is 0 Å². The van der Waals surface area contributed by atoms with Gasteiger partial charge in [0.1, 0.15) is 5.78 Å². The van der Waals surface area contributed by atoms with E-state index in [0.717, 1.165) is 30.4 Å². The van der Waals surface area contributed by atoms with Gasteiger partial charge in [0.2, 0.25) is 0 Å². The van der Waals surface area contributed by atoms with E-state index >= 15 is 0 Å². The molecule has 0 aromatic heterocycles. The molecule has 1 fully saturated rings. The Kier molecular flexibility index (Phi) is 6.75. The van der Waals surface area contributed by atoms with Gasteiger partial charge < -0.3 is 10.1 Å². The van der Waals surface area contributed by atoms with Crippen LogP contribution in [0.1, 0.15) is 55.8 Å². The Morgan fingerprint density at radius 3 is 2.25 bits per heavy atom. The SMILES string of the molecule is CC(=O)CCC1CCCCC(NC(=O)c2ccc(-c3ccccc3)cc2)C1=O. The molecule has 146 valence electrons. The number of ketones is 2. The standard InChI is InChI=1S/C24H27NO3/c1-17(26)11-12-20-9-5-6-10-22(23(20)27)25-24(28)21-15-13-19(14-16-21)18-7-3-2-4-8-18/h2-4,7-8,13-16,20,22H,5-6,9-12H2,1H3,(H,25,28). The van der Waals surface area contributed by atoms with Crippen LogP contribution < -0.4 is 5.32 Å². The minimum absolute atomic E-state index is 0.0769. The Bertz CT molecular complexity index is 827. The summed E-state index contributed by atoms with van der Waals surface area (Å²) in [6.45, 7) is 1.56. The van der Waals surface area contributed by atoms with E-state index in [-0.39, 0.29) is 23.4 Å². The summed E-state index contributed by atoms with van der Waals surface area (Å²) in [5, 5.41) is 2.93. The summed E-state index contributed by atoms with van der Waals surface area (Å²) in [5.41, 5.74) is 2.70. The van der Waals surface area contributed by atoms with Gasteiger partial charge in [0.05, 0.1) is 6.04 Å². The fraction of sp³-hybridized carbons (Fsp3) is 0.375. The largest absolute Gasteiger partial charge is 0.342 e. The highest BCUT2D eigenvalue weighted by atomic mass is 16.2. The number of carbonyl (C=O) groups is 3. The van der Waals surface area contributed by atoms with Crippen molar-refractivity contribution in [1.29, 1.82) is 0 Å². The van der Waals surface area contributed by atoms with Gasteiger partial charge in [-0.15, -0.1) is 0 Å². The van der Waals surface area contributed by atoms with Crippen LogP contribution in [0, 0.1) is 5.92 Å². The minimum atomic E-state index is -0.458. The third kappa shape index (κ3) is 5.16. The van der Waals surface area contributed by atoms with Gasteiger partial charge in [-0.25, -0.2) is 0 Å². The van der Waals surface area contributed by atoms with Gasteiger partial charge in [0.25, 0.3) is 5.91 Å². The minimum Gasteiger partial charge on any atom is -0.342 e.